The Hall–Kier alpha value is -1.14. The van der Waals surface area contributed by atoms with E-state index in [0.717, 1.165) is 11.4 Å². The summed E-state index contributed by atoms with van der Waals surface area (Å²) >= 11 is 4.80. The molecule has 90 valence electrons. The van der Waals surface area contributed by atoms with Gasteiger partial charge in [-0.3, -0.25) is 4.79 Å². The molecule has 1 amide bonds. The zero-order valence-electron chi connectivity index (χ0n) is 9.20. The lowest BCUT2D eigenvalue weighted by molar-refractivity contribution is 0.0925. The molecule has 0 fully saturated rings. The summed E-state index contributed by atoms with van der Waals surface area (Å²) in [6.07, 6.45) is 2.63. The SMILES string of the molecule is Cc1ncc(CCNC(=O)c2ccc(Br)o2)s1. The van der Waals surface area contributed by atoms with Crippen LogP contribution in [0.25, 0.3) is 0 Å². The minimum absolute atomic E-state index is 0.197. The van der Waals surface area contributed by atoms with Crippen LogP contribution in [0.1, 0.15) is 20.4 Å². The third-order valence-electron chi connectivity index (χ3n) is 2.12. The molecule has 0 saturated carbocycles. The van der Waals surface area contributed by atoms with E-state index in [0.29, 0.717) is 17.0 Å². The normalized spacial score (nSPS) is 10.5. The Balaban J connectivity index is 1.81. The summed E-state index contributed by atoms with van der Waals surface area (Å²) in [5, 5.41) is 3.84. The zero-order chi connectivity index (χ0) is 12.3. The van der Waals surface area contributed by atoms with Crippen LogP contribution in [0, 0.1) is 6.92 Å². The second kappa shape index (κ2) is 5.46. The van der Waals surface area contributed by atoms with Crippen LogP contribution in [-0.2, 0) is 6.42 Å². The molecule has 0 bridgehead atoms. The molecule has 0 saturated heterocycles. The molecule has 4 nitrogen and oxygen atoms in total. The maximum absolute atomic E-state index is 11.6. The molecule has 2 aromatic rings. The fraction of sp³-hybridized carbons (Fsp3) is 0.273. The monoisotopic (exact) mass is 314 g/mol. The van der Waals surface area contributed by atoms with Gasteiger partial charge in [-0.05, 0) is 35.0 Å². The molecule has 17 heavy (non-hydrogen) atoms. The third-order valence-corrected chi connectivity index (χ3v) is 3.52. The van der Waals surface area contributed by atoms with Crippen molar-refractivity contribution >= 4 is 33.2 Å². The number of carbonyl (C=O) groups excluding carboxylic acids is 1. The van der Waals surface area contributed by atoms with Crippen molar-refractivity contribution in [2.45, 2.75) is 13.3 Å². The fourth-order valence-electron chi connectivity index (χ4n) is 1.34. The van der Waals surface area contributed by atoms with Crippen LogP contribution in [0.5, 0.6) is 0 Å². The summed E-state index contributed by atoms with van der Waals surface area (Å²) in [4.78, 5) is 16.9. The van der Waals surface area contributed by atoms with Crippen molar-refractivity contribution in [2.24, 2.45) is 0 Å². The largest absolute Gasteiger partial charge is 0.444 e. The molecule has 6 heteroatoms. The smallest absolute Gasteiger partial charge is 0.287 e. The molecule has 2 rings (SSSR count). The van der Waals surface area contributed by atoms with Gasteiger partial charge in [0.2, 0.25) is 0 Å². The van der Waals surface area contributed by atoms with Crippen LogP contribution in [0.4, 0.5) is 0 Å². The molecule has 0 spiro atoms. The van der Waals surface area contributed by atoms with Crippen molar-refractivity contribution in [1.29, 1.82) is 0 Å². The quantitative estimate of drug-likeness (QED) is 0.944. The number of nitrogens with one attached hydrogen (secondary N) is 1. The number of rotatable bonds is 4. The van der Waals surface area contributed by atoms with Crippen LogP contribution in [0.2, 0.25) is 0 Å². The molecule has 0 aliphatic heterocycles. The summed E-state index contributed by atoms with van der Waals surface area (Å²) < 4.78 is 5.70. The summed E-state index contributed by atoms with van der Waals surface area (Å²) in [5.41, 5.74) is 0. The maximum Gasteiger partial charge on any atom is 0.287 e. The lowest BCUT2D eigenvalue weighted by atomic mass is 10.3. The van der Waals surface area contributed by atoms with Crippen LogP contribution < -0.4 is 5.32 Å². The minimum atomic E-state index is -0.197. The Labute approximate surface area is 111 Å². The molecular weight excluding hydrogens is 304 g/mol. The van der Waals surface area contributed by atoms with E-state index in [1.54, 1.807) is 23.5 Å². The van der Waals surface area contributed by atoms with E-state index in [4.69, 9.17) is 4.42 Å². The Kier molecular flexibility index (Phi) is 3.96. The van der Waals surface area contributed by atoms with Crippen molar-refractivity contribution < 1.29 is 9.21 Å². The van der Waals surface area contributed by atoms with E-state index in [1.165, 1.54) is 4.88 Å². The third kappa shape index (κ3) is 3.41. The number of hydrogen-bond donors (Lipinski definition) is 1. The number of aromatic nitrogens is 1. The predicted molar refractivity (Wildman–Crippen MR) is 69.3 cm³/mol. The number of carbonyl (C=O) groups is 1. The lowest BCUT2D eigenvalue weighted by Crippen LogP contribution is -2.25. The molecular formula is C11H11BrN2O2S. The highest BCUT2D eigenvalue weighted by molar-refractivity contribution is 9.10. The summed E-state index contributed by atoms with van der Waals surface area (Å²) in [7, 11) is 0. The van der Waals surface area contributed by atoms with Crippen LogP contribution >= 0.6 is 27.3 Å². The van der Waals surface area contributed by atoms with Gasteiger partial charge < -0.3 is 9.73 Å². The number of furan rings is 1. The van der Waals surface area contributed by atoms with Crippen molar-refractivity contribution in [2.75, 3.05) is 6.54 Å². The standard InChI is InChI=1S/C11H11BrN2O2S/c1-7-14-6-8(17-7)4-5-13-11(15)9-2-3-10(12)16-9/h2-3,6H,4-5H2,1H3,(H,13,15). The van der Waals surface area contributed by atoms with Gasteiger partial charge in [0.05, 0.1) is 5.01 Å². The topological polar surface area (TPSA) is 55.1 Å². The molecule has 0 aliphatic rings. The molecule has 2 heterocycles. The van der Waals surface area contributed by atoms with Gasteiger partial charge in [0.1, 0.15) is 0 Å². The van der Waals surface area contributed by atoms with Crippen molar-refractivity contribution in [3.8, 4) is 0 Å². The predicted octanol–water partition coefficient (Wildman–Crippen LogP) is 2.78. The van der Waals surface area contributed by atoms with Gasteiger partial charge in [-0.15, -0.1) is 11.3 Å². The van der Waals surface area contributed by atoms with Gasteiger partial charge in [-0.2, -0.15) is 0 Å². The van der Waals surface area contributed by atoms with Gasteiger partial charge in [0, 0.05) is 24.0 Å². The first-order chi connectivity index (χ1) is 8.15. The summed E-state index contributed by atoms with van der Waals surface area (Å²) in [5.74, 6) is 0.120. The second-order valence-electron chi connectivity index (χ2n) is 3.46. The second-order valence-corrected chi connectivity index (χ2v) is 5.56. The van der Waals surface area contributed by atoms with Crippen molar-refractivity contribution in [3.63, 3.8) is 0 Å². The maximum atomic E-state index is 11.6. The highest BCUT2D eigenvalue weighted by atomic mass is 79.9. The van der Waals surface area contributed by atoms with E-state index >= 15 is 0 Å². The number of aryl methyl sites for hydroxylation is 1. The highest BCUT2D eigenvalue weighted by Gasteiger charge is 2.09. The number of nitrogens with zero attached hydrogens (tertiary/aromatic N) is 1. The Morgan fingerprint density at radius 2 is 2.41 bits per heavy atom. The molecule has 2 aromatic heterocycles. The molecule has 0 aromatic carbocycles. The summed E-state index contributed by atoms with van der Waals surface area (Å²) in [6, 6.07) is 3.33. The first-order valence-electron chi connectivity index (χ1n) is 5.10. The lowest BCUT2D eigenvalue weighted by Gasteiger charge is -2.00. The van der Waals surface area contributed by atoms with Gasteiger partial charge in [-0.25, -0.2) is 4.98 Å². The number of hydrogen-bond acceptors (Lipinski definition) is 4. The van der Waals surface area contributed by atoms with E-state index < -0.39 is 0 Å². The fourth-order valence-corrected chi connectivity index (χ4v) is 2.44. The first-order valence-corrected chi connectivity index (χ1v) is 6.71. The zero-order valence-corrected chi connectivity index (χ0v) is 11.6. The van der Waals surface area contributed by atoms with E-state index in [9.17, 15) is 4.79 Å². The van der Waals surface area contributed by atoms with E-state index in [-0.39, 0.29) is 5.91 Å². The average Bonchev–Trinajstić information content (AvgIpc) is 2.88. The number of thiazole rings is 1. The van der Waals surface area contributed by atoms with E-state index in [1.807, 2.05) is 13.1 Å². The summed E-state index contributed by atoms with van der Waals surface area (Å²) in [6.45, 7) is 2.55. The molecule has 0 radical (unpaired) electrons. The van der Waals surface area contributed by atoms with Gasteiger partial charge in [-0.1, -0.05) is 0 Å². The Morgan fingerprint density at radius 1 is 1.59 bits per heavy atom. The molecule has 1 N–H and O–H groups in total. The minimum Gasteiger partial charge on any atom is -0.444 e. The van der Waals surface area contributed by atoms with E-state index in [2.05, 4.69) is 26.2 Å². The Bertz CT molecular complexity index is 521. The number of amides is 1. The average molecular weight is 315 g/mol. The van der Waals surface area contributed by atoms with Gasteiger partial charge in [0.25, 0.3) is 5.91 Å². The van der Waals surface area contributed by atoms with Gasteiger partial charge in [0.15, 0.2) is 10.4 Å². The van der Waals surface area contributed by atoms with Crippen LogP contribution in [0.15, 0.2) is 27.4 Å². The van der Waals surface area contributed by atoms with Gasteiger partial charge >= 0.3 is 0 Å². The Morgan fingerprint density at radius 3 is 3.00 bits per heavy atom. The highest BCUT2D eigenvalue weighted by Crippen LogP contribution is 2.14. The molecule has 0 unspecified atom stereocenters. The molecule has 0 aliphatic carbocycles. The van der Waals surface area contributed by atoms with Crippen molar-refractivity contribution in [1.82, 2.24) is 10.3 Å². The van der Waals surface area contributed by atoms with Crippen LogP contribution in [-0.4, -0.2) is 17.4 Å². The van der Waals surface area contributed by atoms with Crippen LogP contribution in [0.3, 0.4) is 0 Å². The first kappa shape index (κ1) is 12.3. The van der Waals surface area contributed by atoms with Crippen molar-refractivity contribution in [3.05, 3.63) is 38.6 Å². The number of halogens is 1. The molecule has 0 atom stereocenters.